The van der Waals surface area contributed by atoms with Crippen LogP contribution in [0.15, 0.2) is 12.3 Å². The molecule has 0 spiro atoms. The Morgan fingerprint density at radius 2 is 1.02 bits per heavy atom. The van der Waals surface area contributed by atoms with Crippen LogP contribution in [0.5, 0.6) is 0 Å². The first-order valence-electron chi connectivity index (χ1n) is 12.3. The third-order valence-corrected chi connectivity index (χ3v) is 5.47. The van der Waals surface area contributed by atoms with E-state index in [1.54, 1.807) is 40.0 Å². The van der Waals surface area contributed by atoms with Gasteiger partial charge in [0.15, 0.2) is 0 Å². The van der Waals surface area contributed by atoms with Gasteiger partial charge < -0.3 is 18.9 Å². The van der Waals surface area contributed by atoms with Crippen LogP contribution in [0.25, 0.3) is 0 Å². The molecule has 40 heavy (non-hydrogen) atoms. The number of H-pyrrole nitrogens is 1. The highest BCUT2D eigenvalue weighted by atomic mass is 32.1. The summed E-state index contributed by atoms with van der Waals surface area (Å²) in [7, 11) is 0. The first-order chi connectivity index (χ1) is 18.6. The van der Waals surface area contributed by atoms with Crippen molar-refractivity contribution in [1.29, 1.82) is 0 Å². The smallest absolute Gasteiger partial charge is 0.306 e. The van der Waals surface area contributed by atoms with Gasteiger partial charge in [-0.25, -0.2) is 5.10 Å². The molecule has 1 heterocycles. The van der Waals surface area contributed by atoms with Crippen LogP contribution in [-0.2, 0) is 38.1 Å². The Morgan fingerprint density at radius 1 is 0.725 bits per heavy atom. The van der Waals surface area contributed by atoms with E-state index in [4.69, 9.17) is 18.9 Å². The van der Waals surface area contributed by atoms with Crippen molar-refractivity contribution in [3.8, 4) is 0 Å². The summed E-state index contributed by atoms with van der Waals surface area (Å²) >= 11 is 21.3. The fourth-order valence-electron chi connectivity index (χ4n) is 2.63. The third kappa shape index (κ3) is 21.3. The first kappa shape index (κ1) is 38.5. The fourth-order valence-corrected chi connectivity index (χ4v) is 3.33. The molecule has 4 atom stereocenters. The van der Waals surface area contributed by atoms with E-state index in [1.165, 1.54) is 0 Å². The van der Waals surface area contributed by atoms with Crippen molar-refractivity contribution in [2.75, 3.05) is 26.4 Å². The lowest BCUT2D eigenvalue weighted by atomic mass is 9.92. The van der Waals surface area contributed by atoms with Crippen molar-refractivity contribution < 1.29 is 38.1 Å². The molecule has 0 fully saturated rings. The maximum absolute atomic E-state index is 12.1. The minimum atomic E-state index is -1.30. The van der Waals surface area contributed by atoms with Crippen LogP contribution in [0.1, 0.15) is 53.4 Å². The zero-order valence-corrected chi connectivity index (χ0v) is 27.4. The molecular weight excluding hydrogens is 619 g/mol. The number of nitrogens with zero attached hydrogens (tertiary/aromatic N) is 2. The number of hydrogen-bond donors (Lipinski definition) is 5. The van der Waals surface area contributed by atoms with Crippen molar-refractivity contribution in [2.24, 2.45) is 5.41 Å². The van der Waals surface area contributed by atoms with Crippen LogP contribution >= 0.6 is 62.7 Å². The predicted molar refractivity (Wildman–Crippen MR) is 166 cm³/mol. The Kier molecular flexibility index (Phi) is 20.5. The van der Waals surface area contributed by atoms with Gasteiger partial charge in [-0.3, -0.25) is 19.2 Å². The van der Waals surface area contributed by atoms with Crippen LogP contribution in [0.2, 0.25) is 0 Å². The lowest BCUT2D eigenvalue weighted by Crippen LogP contribution is -2.44. The molecule has 1 rings (SSSR count). The van der Waals surface area contributed by atoms with Crippen LogP contribution in [0, 0.1) is 10.1 Å². The molecule has 1 aromatic heterocycles. The van der Waals surface area contributed by atoms with Crippen LogP contribution < -0.4 is 0 Å². The Morgan fingerprint density at radius 3 is 1.20 bits per heavy atom. The first-order valence-corrected chi connectivity index (χ1v) is 14.8. The van der Waals surface area contributed by atoms with Gasteiger partial charge in [-0.2, -0.15) is 50.5 Å². The minimum absolute atomic E-state index is 0.0457. The quantitative estimate of drug-likeness (QED) is 0.0770. The van der Waals surface area contributed by atoms with E-state index in [0.29, 0.717) is 4.64 Å². The highest BCUT2D eigenvalue weighted by Crippen LogP contribution is 2.23. The van der Waals surface area contributed by atoms with E-state index in [1.807, 2.05) is 0 Å². The molecule has 228 valence electrons. The average Bonchev–Trinajstić information content (AvgIpc) is 2.82. The summed E-state index contributed by atoms with van der Waals surface area (Å²) in [5.74, 6) is -2.16. The fraction of sp³-hybridized carbons (Fsp3) is 0.708. The molecule has 0 aliphatic rings. The maximum atomic E-state index is 12.1. The van der Waals surface area contributed by atoms with Gasteiger partial charge in [0.1, 0.15) is 36.5 Å². The van der Waals surface area contributed by atoms with Crippen molar-refractivity contribution in [2.45, 2.75) is 74.4 Å². The normalized spacial score (nSPS) is 15.1. The summed E-state index contributed by atoms with van der Waals surface area (Å²) in [6.45, 7) is 5.73. The molecule has 0 aromatic carbocycles. The van der Waals surface area contributed by atoms with Gasteiger partial charge in [-0.1, -0.05) is 45.1 Å². The molecule has 0 radical (unpaired) electrons. The van der Waals surface area contributed by atoms with Gasteiger partial charge in [0.25, 0.3) is 0 Å². The monoisotopic (exact) mass is 657 g/mol. The van der Waals surface area contributed by atoms with Crippen molar-refractivity contribution >= 4 is 86.6 Å². The Balaban J connectivity index is 0.00000187. The summed E-state index contributed by atoms with van der Waals surface area (Å²) < 4.78 is 22.0. The van der Waals surface area contributed by atoms with Crippen molar-refractivity contribution in [3.63, 3.8) is 0 Å². The average molecular weight is 658 g/mol. The molecule has 4 unspecified atom stereocenters. The summed E-state index contributed by atoms with van der Waals surface area (Å²) in [6.07, 6.45) is 1.72. The zero-order valence-electron chi connectivity index (χ0n) is 23.0. The molecule has 0 aliphatic carbocycles. The number of thiol groups is 4. The van der Waals surface area contributed by atoms with E-state index in [2.05, 4.69) is 78.1 Å². The molecule has 11 nitrogen and oxygen atoms in total. The number of carbonyl (C=O) groups excluding carboxylic acids is 4. The van der Waals surface area contributed by atoms with Crippen LogP contribution in [-0.4, -0.2) is 86.7 Å². The van der Waals surface area contributed by atoms with Gasteiger partial charge in [-0.05, 0) is 6.07 Å². The second-order valence-electron chi connectivity index (χ2n) is 9.36. The van der Waals surface area contributed by atoms with Crippen molar-refractivity contribution in [3.05, 3.63) is 16.9 Å². The minimum Gasteiger partial charge on any atom is -0.465 e. The van der Waals surface area contributed by atoms with E-state index in [-0.39, 0.29) is 73.1 Å². The molecule has 0 saturated carbocycles. The van der Waals surface area contributed by atoms with Gasteiger partial charge >= 0.3 is 23.9 Å². The zero-order chi connectivity index (χ0) is 30.7. The van der Waals surface area contributed by atoms with Crippen molar-refractivity contribution in [1.82, 2.24) is 15.4 Å². The number of aromatic amines is 1. The molecule has 0 saturated heterocycles. The topological polar surface area (TPSA) is 147 Å². The lowest BCUT2D eigenvalue weighted by molar-refractivity contribution is -0.170. The number of aromatic nitrogens is 3. The van der Waals surface area contributed by atoms with Crippen LogP contribution in [0.4, 0.5) is 0 Å². The second kappa shape index (κ2) is 21.2. The Bertz CT molecular complexity index is 849. The molecule has 0 aliphatic heterocycles. The molecule has 1 N–H and O–H groups in total. The number of rotatable bonds is 16. The molecule has 16 heteroatoms. The summed E-state index contributed by atoms with van der Waals surface area (Å²) in [5.41, 5.74) is -1.30. The maximum Gasteiger partial charge on any atom is 0.306 e. The number of nitrogens with one attached hydrogen (secondary N) is 1. The summed E-state index contributed by atoms with van der Waals surface area (Å²) in [6, 6.07) is 1.67. The van der Waals surface area contributed by atoms with Gasteiger partial charge in [0.2, 0.25) is 0 Å². The van der Waals surface area contributed by atoms with Gasteiger partial charge in [-0.15, -0.1) is 5.10 Å². The predicted octanol–water partition coefficient (Wildman–Crippen LogP) is 3.51. The number of esters is 4. The second-order valence-corrected chi connectivity index (χ2v) is 13.3. The molecule has 1 aromatic rings. The Labute approximate surface area is 262 Å². The lowest BCUT2D eigenvalue weighted by Gasteiger charge is -2.32. The van der Waals surface area contributed by atoms with E-state index in [9.17, 15) is 19.2 Å². The SMILES string of the molecule is CC(S)CC(=O)OCC(COC(=O)CC(C)S)(COC(=O)CC(C)S)COC(=O)CC(C)S.S=c1ccnn[nH]1. The van der Waals surface area contributed by atoms with E-state index >= 15 is 0 Å². The third-order valence-electron chi connectivity index (χ3n) is 4.52. The highest BCUT2D eigenvalue weighted by Gasteiger charge is 2.38. The number of hydrogen-bond acceptors (Lipinski definition) is 15. The van der Waals surface area contributed by atoms with E-state index < -0.39 is 29.3 Å². The summed E-state index contributed by atoms with van der Waals surface area (Å²) in [5, 5.41) is 8.44. The molecule has 0 amide bonds. The molecular formula is C24H39N3O8S5. The standard InChI is InChI=1S/C21H36O8S4.C3H3N3S/c1-13(30)5-17(22)26-9-21(10-27-18(23)6-14(2)31,11-28-19(24)7-15(3)32)12-29-20(25)8-16(4)33;7-3-1-2-4-6-5-3/h13-16,30-33H,5-12H2,1-4H3;1-2H,(H,4,5,7). The van der Waals surface area contributed by atoms with Crippen LogP contribution in [0.3, 0.4) is 0 Å². The van der Waals surface area contributed by atoms with Gasteiger partial charge in [0, 0.05) is 21.0 Å². The summed E-state index contributed by atoms with van der Waals surface area (Å²) in [4.78, 5) is 48.5. The Hall–Kier alpha value is -1.49. The highest BCUT2D eigenvalue weighted by molar-refractivity contribution is 7.81. The number of ether oxygens (including phenoxy) is 4. The number of carbonyl (C=O) groups is 4. The van der Waals surface area contributed by atoms with E-state index in [0.717, 1.165) is 0 Å². The largest absolute Gasteiger partial charge is 0.465 e. The molecule has 0 bridgehead atoms. The van der Waals surface area contributed by atoms with Gasteiger partial charge in [0.05, 0.1) is 31.9 Å².